The smallest absolute Gasteiger partial charge is 0.153 e. The van der Waals surface area contributed by atoms with Crippen LogP contribution in [0.2, 0.25) is 10.0 Å². The Morgan fingerprint density at radius 3 is 2.90 bits per heavy atom. The molecule has 0 unspecified atom stereocenters. The summed E-state index contributed by atoms with van der Waals surface area (Å²) in [6, 6.07) is 1.85. The van der Waals surface area contributed by atoms with Crippen molar-refractivity contribution >= 4 is 57.8 Å². The molecule has 8 heteroatoms. The highest BCUT2D eigenvalue weighted by Crippen LogP contribution is 2.42. The summed E-state index contributed by atoms with van der Waals surface area (Å²) in [4.78, 5) is 8.08. The largest absolute Gasteiger partial charge is 0.343 e. The maximum atomic E-state index is 6.51. The standard InChI is InChI=1S/C12H10Cl2N4S2/c13-6-1-4-20-11(6)9-7(14)8-10(18(9)3-2-15)12(19)17-5-16-8/h1,4-5H,2-3,15H2,(H,16,17,19). The maximum absolute atomic E-state index is 6.51. The summed E-state index contributed by atoms with van der Waals surface area (Å²) in [7, 11) is 0. The van der Waals surface area contributed by atoms with Gasteiger partial charge in [-0.3, -0.25) is 0 Å². The van der Waals surface area contributed by atoms with Crippen molar-refractivity contribution in [1.29, 1.82) is 0 Å². The highest BCUT2D eigenvalue weighted by atomic mass is 35.5. The Morgan fingerprint density at radius 2 is 2.25 bits per heavy atom. The normalized spacial score (nSPS) is 11.3. The van der Waals surface area contributed by atoms with Crippen LogP contribution in [0.5, 0.6) is 0 Å². The van der Waals surface area contributed by atoms with Crippen LogP contribution in [0.1, 0.15) is 0 Å². The molecule has 4 nitrogen and oxygen atoms in total. The molecule has 0 amide bonds. The predicted octanol–water partition coefficient (Wildman–Crippen LogP) is 4.09. The van der Waals surface area contributed by atoms with E-state index in [2.05, 4.69) is 9.97 Å². The van der Waals surface area contributed by atoms with Gasteiger partial charge < -0.3 is 15.3 Å². The number of aromatic amines is 1. The van der Waals surface area contributed by atoms with E-state index in [1.54, 1.807) is 6.33 Å². The molecule has 0 saturated heterocycles. The maximum Gasteiger partial charge on any atom is 0.153 e. The Hall–Kier alpha value is -0.920. The number of nitrogens with two attached hydrogens (primary N) is 1. The van der Waals surface area contributed by atoms with E-state index >= 15 is 0 Å². The number of rotatable bonds is 3. The molecule has 0 aromatic carbocycles. The Kier molecular flexibility index (Phi) is 3.83. The minimum Gasteiger partial charge on any atom is -0.343 e. The Morgan fingerprint density at radius 1 is 1.45 bits per heavy atom. The number of nitrogens with one attached hydrogen (secondary N) is 1. The van der Waals surface area contributed by atoms with Crippen LogP contribution in [0.25, 0.3) is 21.6 Å². The molecule has 0 atom stereocenters. The molecule has 0 fully saturated rings. The van der Waals surface area contributed by atoms with Crippen molar-refractivity contribution in [3.8, 4) is 10.6 Å². The molecular formula is C12H10Cl2N4S2. The van der Waals surface area contributed by atoms with E-state index < -0.39 is 0 Å². The van der Waals surface area contributed by atoms with Gasteiger partial charge in [0.15, 0.2) is 4.64 Å². The summed E-state index contributed by atoms with van der Waals surface area (Å²) in [6.45, 7) is 1.07. The van der Waals surface area contributed by atoms with Crippen molar-refractivity contribution in [2.45, 2.75) is 6.54 Å². The van der Waals surface area contributed by atoms with E-state index in [4.69, 9.17) is 41.2 Å². The van der Waals surface area contributed by atoms with Crippen molar-refractivity contribution in [2.24, 2.45) is 5.73 Å². The zero-order valence-corrected chi connectivity index (χ0v) is 13.3. The van der Waals surface area contributed by atoms with Crippen molar-refractivity contribution in [2.75, 3.05) is 6.54 Å². The van der Waals surface area contributed by atoms with Crippen LogP contribution in [0.3, 0.4) is 0 Å². The third-order valence-electron chi connectivity index (χ3n) is 2.98. The molecule has 104 valence electrons. The first-order valence-electron chi connectivity index (χ1n) is 5.84. The number of H-pyrrole nitrogens is 1. The first-order chi connectivity index (χ1) is 9.65. The number of thiophene rings is 1. The molecule has 3 N–H and O–H groups in total. The molecule has 3 heterocycles. The van der Waals surface area contributed by atoms with Gasteiger partial charge in [-0.1, -0.05) is 35.4 Å². The van der Waals surface area contributed by atoms with Gasteiger partial charge in [0, 0.05) is 13.1 Å². The number of hydrogen-bond acceptors (Lipinski definition) is 4. The van der Waals surface area contributed by atoms with Crippen molar-refractivity contribution in [3.05, 3.63) is 32.5 Å². The van der Waals surface area contributed by atoms with E-state index in [-0.39, 0.29) is 0 Å². The lowest BCUT2D eigenvalue weighted by molar-refractivity contribution is 0.740. The van der Waals surface area contributed by atoms with Crippen molar-refractivity contribution in [1.82, 2.24) is 14.5 Å². The van der Waals surface area contributed by atoms with Crippen molar-refractivity contribution in [3.63, 3.8) is 0 Å². The van der Waals surface area contributed by atoms with Gasteiger partial charge in [0.1, 0.15) is 5.52 Å². The third-order valence-corrected chi connectivity index (χ3v) is 5.00. The lowest BCUT2D eigenvalue weighted by atomic mass is 10.3. The Bertz CT molecular complexity index is 834. The second-order valence-electron chi connectivity index (χ2n) is 4.13. The lowest BCUT2D eigenvalue weighted by Gasteiger charge is -2.08. The summed E-state index contributed by atoms with van der Waals surface area (Å²) >= 11 is 19.6. The fourth-order valence-electron chi connectivity index (χ4n) is 2.20. The van der Waals surface area contributed by atoms with Gasteiger partial charge in [-0.05, 0) is 11.4 Å². The molecule has 0 saturated carbocycles. The first kappa shape index (κ1) is 14.0. The van der Waals surface area contributed by atoms with Gasteiger partial charge in [0.25, 0.3) is 0 Å². The lowest BCUT2D eigenvalue weighted by Crippen LogP contribution is -2.11. The third kappa shape index (κ3) is 2.08. The number of halogens is 2. The highest BCUT2D eigenvalue weighted by molar-refractivity contribution is 7.71. The van der Waals surface area contributed by atoms with Crippen LogP contribution in [-0.4, -0.2) is 21.1 Å². The second kappa shape index (κ2) is 5.46. The summed E-state index contributed by atoms with van der Waals surface area (Å²) in [6.07, 6.45) is 1.54. The fourth-order valence-corrected chi connectivity index (χ4v) is 4.06. The van der Waals surface area contributed by atoms with Crippen LogP contribution < -0.4 is 5.73 Å². The van der Waals surface area contributed by atoms with Gasteiger partial charge in [-0.25, -0.2) is 4.98 Å². The highest BCUT2D eigenvalue weighted by Gasteiger charge is 2.21. The molecule has 3 aromatic heterocycles. The molecule has 0 aliphatic carbocycles. The van der Waals surface area contributed by atoms with E-state index in [0.717, 1.165) is 21.6 Å². The van der Waals surface area contributed by atoms with Gasteiger partial charge in [0.2, 0.25) is 0 Å². The fraction of sp³-hybridized carbons (Fsp3) is 0.167. The zero-order valence-electron chi connectivity index (χ0n) is 10.2. The van der Waals surface area contributed by atoms with E-state index in [0.29, 0.717) is 27.8 Å². The van der Waals surface area contributed by atoms with Gasteiger partial charge in [-0.2, -0.15) is 0 Å². The minimum absolute atomic E-state index is 0.472. The van der Waals surface area contributed by atoms with Gasteiger partial charge >= 0.3 is 0 Å². The first-order valence-corrected chi connectivity index (χ1v) is 7.88. The topological polar surface area (TPSA) is 59.6 Å². The summed E-state index contributed by atoms with van der Waals surface area (Å²) in [5.41, 5.74) is 8.10. The number of nitrogens with zero attached hydrogens (tertiary/aromatic N) is 2. The Labute approximate surface area is 134 Å². The quantitative estimate of drug-likeness (QED) is 0.703. The molecule has 3 aromatic rings. The van der Waals surface area contributed by atoms with Crippen LogP contribution in [0.4, 0.5) is 0 Å². The average Bonchev–Trinajstić information content (AvgIpc) is 2.94. The SMILES string of the molecule is NCCn1c(-c2sccc2Cl)c(Cl)c2[nH]cnc(=S)c21. The van der Waals surface area contributed by atoms with Crippen LogP contribution in [0.15, 0.2) is 17.8 Å². The number of aromatic nitrogens is 3. The predicted molar refractivity (Wildman–Crippen MR) is 87.3 cm³/mol. The molecule has 0 spiro atoms. The van der Waals surface area contributed by atoms with E-state index in [9.17, 15) is 0 Å². The van der Waals surface area contributed by atoms with Gasteiger partial charge in [0.05, 0.1) is 32.5 Å². The van der Waals surface area contributed by atoms with E-state index in [1.165, 1.54) is 11.3 Å². The van der Waals surface area contributed by atoms with Gasteiger partial charge in [-0.15, -0.1) is 11.3 Å². The molecule has 0 radical (unpaired) electrons. The molecule has 0 aliphatic heterocycles. The molecule has 3 rings (SSSR count). The summed E-state index contributed by atoms with van der Waals surface area (Å²) in [5.74, 6) is 0. The monoisotopic (exact) mass is 344 g/mol. The van der Waals surface area contributed by atoms with Crippen LogP contribution in [-0.2, 0) is 6.54 Å². The average molecular weight is 345 g/mol. The van der Waals surface area contributed by atoms with Crippen molar-refractivity contribution < 1.29 is 0 Å². The van der Waals surface area contributed by atoms with E-state index in [1.807, 2.05) is 16.0 Å². The Balaban J connectivity index is 2.45. The summed E-state index contributed by atoms with van der Waals surface area (Å²) in [5, 5.41) is 3.18. The molecule has 0 aliphatic rings. The minimum atomic E-state index is 0.472. The summed E-state index contributed by atoms with van der Waals surface area (Å²) < 4.78 is 2.48. The zero-order chi connectivity index (χ0) is 14.3. The van der Waals surface area contributed by atoms with Crippen LogP contribution >= 0.6 is 46.8 Å². The molecule has 0 bridgehead atoms. The molecule has 20 heavy (non-hydrogen) atoms. The number of fused-ring (bicyclic) bond motifs is 1. The number of hydrogen-bond donors (Lipinski definition) is 2. The van der Waals surface area contributed by atoms with Crippen LogP contribution in [0, 0.1) is 4.64 Å². The molecular weight excluding hydrogens is 335 g/mol. The second-order valence-corrected chi connectivity index (χ2v) is 6.22.